The van der Waals surface area contributed by atoms with E-state index in [0.29, 0.717) is 11.3 Å². The van der Waals surface area contributed by atoms with Crippen molar-refractivity contribution in [3.63, 3.8) is 0 Å². The highest BCUT2D eigenvalue weighted by Crippen LogP contribution is 2.45. The zero-order chi connectivity index (χ0) is 20.8. The number of carbonyl (C=O) groups is 1. The largest absolute Gasteiger partial charge is 0.489 e. The smallest absolute Gasteiger partial charge is 0.335 e. The second-order valence-corrected chi connectivity index (χ2v) is 7.89. The van der Waals surface area contributed by atoms with Crippen LogP contribution < -0.4 is 4.74 Å². The number of aryl methyl sites for hydroxylation is 2. The molecule has 152 valence electrons. The van der Waals surface area contributed by atoms with E-state index in [1.54, 1.807) is 12.1 Å². The average Bonchev–Trinajstić information content (AvgIpc) is 3.16. The number of fused-ring (bicyclic) bond motifs is 1. The molecule has 6 heteroatoms. The minimum Gasteiger partial charge on any atom is -0.489 e. The van der Waals surface area contributed by atoms with E-state index in [4.69, 9.17) is 9.84 Å². The number of carboxylic acid groups (broad SMARTS) is 1. The molecule has 0 spiro atoms. The first kappa shape index (κ1) is 19.4. The van der Waals surface area contributed by atoms with Gasteiger partial charge in [-0.15, -0.1) is 0 Å². The minimum atomic E-state index is -2.76. The number of aromatic carboxylic acids is 1. The molecule has 2 atom stereocenters. The van der Waals surface area contributed by atoms with Crippen LogP contribution in [0.15, 0.2) is 42.6 Å². The summed E-state index contributed by atoms with van der Waals surface area (Å²) >= 11 is 0. The summed E-state index contributed by atoms with van der Waals surface area (Å²) in [5.41, 5.74) is 3.86. The van der Waals surface area contributed by atoms with Crippen molar-refractivity contribution in [3.8, 4) is 5.75 Å². The molecule has 2 aromatic carbocycles. The summed E-state index contributed by atoms with van der Waals surface area (Å²) in [5, 5.41) is 10.0. The highest BCUT2D eigenvalue weighted by molar-refractivity contribution is 5.90. The molecule has 3 aromatic rings. The Morgan fingerprint density at radius 3 is 2.59 bits per heavy atom. The number of benzene rings is 2. The fraction of sp³-hybridized carbons (Fsp3) is 0.348. The summed E-state index contributed by atoms with van der Waals surface area (Å²) in [4.78, 5) is 14.3. The van der Waals surface area contributed by atoms with Crippen LogP contribution in [0.5, 0.6) is 5.75 Å². The number of aromatic nitrogens is 1. The molecule has 0 bridgehead atoms. The lowest BCUT2D eigenvalue weighted by molar-refractivity contribution is -0.0685. The van der Waals surface area contributed by atoms with Crippen molar-refractivity contribution in [2.24, 2.45) is 0 Å². The van der Waals surface area contributed by atoms with E-state index in [-0.39, 0.29) is 24.8 Å². The van der Waals surface area contributed by atoms with Gasteiger partial charge in [-0.25, -0.2) is 13.6 Å². The number of nitrogens with one attached hydrogen (secondary N) is 1. The van der Waals surface area contributed by atoms with Crippen LogP contribution in [0.4, 0.5) is 8.78 Å². The third-order valence-corrected chi connectivity index (χ3v) is 5.79. The van der Waals surface area contributed by atoms with Gasteiger partial charge in [0.1, 0.15) is 11.9 Å². The van der Waals surface area contributed by atoms with Crippen molar-refractivity contribution < 1.29 is 23.4 Å². The van der Waals surface area contributed by atoms with E-state index >= 15 is 0 Å². The lowest BCUT2D eigenvalue weighted by Gasteiger charge is -2.37. The number of carboxylic acids is 1. The second-order valence-electron chi connectivity index (χ2n) is 7.89. The maximum Gasteiger partial charge on any atom is 0.335 e. The molecule has 0 radical (unpaired) electrons. The van der Waals surface area contributed by atoms with Gasteiger partial charge >= 0.3 is 5.97 Å². The molecule has 1 aliphatic carbocycles. The molecule has 1 fully saturated rings. The number of hydrogen-bond acceptors (Lipinski definition) is 2. The molecule has 0 unspecified atom stereocenters. The normalized spacial score (nSPS) is 21.2. The van der Waals surface area contributed by atoms with Gasteiger partial charge in [0.05, 0.1) is 11.1 Å². The van der Waals surface area contributed by atoms with Gasteiger partial charge in [0.15, 0.2) is 0 Å². The quantitative estimate of drug-likeness (QED) is 0.580. The van der Waals surface area contributed by atoms with Crippen molar-refractivity contribution in [1.29, 1.82) is 0 Å². The summed E-state index contributed by atoms with van der Waals surface area (Å²) in [7, 11) is 0. The molecule has 0 aliphatic heterocycles. The van der Waals surface area contributed by atoms with Crippen LogP contribution in [0, 0.1) is 13.8 Å². The first-order chi connectivity index (χ1) is 13.7. The van der Waals surface area contributed by atoms with Gasteiger partial charge in [-0.1, -0.05) is 18.2 Å². The molecule has 1 saturated carbocycles. The number of ether oxygens (including phenoxy) is 1. The maximum absolute atomic E-state index is 14.2. The standard InChI is InChI=1S/C23H23F2NO3/c1-13-11-14(2)21(17-8-10-26-20(13)17)29-19-7-9-23(24,25)12-18(19)15-3-5-16(6-4-15)22(27)28/h3-6,8,10-11,18-19,26H,7,9,12H2,1-2H3,(H,27,28)/t18-,19+/m0/s1. The first-order valence-electron chi connectivity index (χ1n) is 9.70. The molecular formula is C23H23F2NO3. The van der Waals surface area contributed by atoms with Gasteiger partial charge < -0.3 is 14.8 Å². The van der Waals surface area contributed by atoms with Crippen molar-refractivity contribution in [2.45, 2.75) is 51.1 Å². The third-order valence-electron chi connectivity index (χ3n) is 5.79. The Balaban J connectivity index is 1.70. The average molecular weight is 399 g/mol. The zero-order valence-electron chi connectivity index (χ0n) is 16.3. The van der Waals surface area contributed by atoms with Gasteiger partial charge in [0, 0.05) is 30.3 Å². The van der Waals surface area contributed by atoms with Crippen LogP contribution in [-0.2, 0) is 0 Å². The van der Waals surface area contributed by atoms with E-state index in [0.717, 1.165) is 22.0 Å². The SMILES string of the molecule is Cc1cc(C)c2[nH]ccc2c1O[C@@H]1CCC(F)(F)C[C@H]1c1ccc(C(=O)O)cc1. The number of H-pyrrole nitrogens is 1. The summed E-state index contributed by atoms with van der Waals surface area (Å²) < 4.78 is 34.9. The van der Waals surface area contributed by atoms with Crippen LogP contribution >= 0.6 is 0 Å². The Morgan fingerprint density at radius 1 is 1.17 bits per heavy atom. The van der Waals surface area contributed by atoms with Crippen molar-refractivity contribution >= 4 is 16.9 Å². The number of halogens is 2. The minimum absolute atomic E-state index is 0.136. The highest BCUT2D eigenvalue weighted by Gasteiger charge is 2.43. The number of hydrogen-bond donors (Lipinski definition) is 2. The molecular weight excluding hydrogens is 376 g/mol. The fourth-order valence-corrected chi connectivity index (χ4v) is 4.32. The molecule has 1 heterocycles. The van der Waals surface area contributed by atoms with Gasteiger partial charge in [0.25, 0.3) is 0 Å². The van der Waals surface area contributed by atoms with E-state index in [2.05, 4.69) is 4.98 Å². The predicted molar refractivity (Wildman–Crippen MR) is 107 cm³/mol. The van der Waals surface area contributed by atoms with Crippen molar-refractivity contribution in [2.75, 3.05) is 0 Å². The molecule has 29 heavy (non-hydrogen) atoms. The first-order valence-corrected chi connectivity index (χ1v) is 9.70. The summed E-state index contributed by atoms with van der Waals surface area (Å²) in [6.07, 6.45) is 1.14. The zero-order valence-corrected chi connectivity index (χ0v) is 16.3. The van der Waals surface area contributed by atoms with Crippen LogP contribution in [0.2, 0.25) is 0 Å². The topological polar surface area (TPSA) is 62.3 Å². The Labute approximate surface area is 167 Å². The molecule has 4 rings (SSSR count). The van der Waals surface area contributed by atoms with Crippen molar-refractivity contribution in [1.82, 2.24) is 4.98 Å². The monoisotopic (exact) mass is 399 g/mol. The van der Waals surface area contributed by atoms with Crippen LogP contribution in [-0.4, -0.2) is 28.1 Å². The second kappa shape index (κ2) is 7.17. The number of alkyl halides is 2. The van der Waals surface area contributed by atoms with Gasteiger partial charge in [-0.3, -0.25) is 0 Å². The molecule has 1 aromatic heterocycles. The Bertz CT molecular complexity index is 1060. The van der Waals surface area contributed by atoms with Crippen LogP contribution in [0.1, 0.15) is 52.2 Å². The molecule has 4 nitrogen and oxygen atoms in total. The predicted octanol–water partition coefficient (Wildman–Crippen LogP) is 5.83. The van der Waals surface area contributed by atoms with Crippen molar-refractivity contribution in [3.05, 3.63) is 64.8 Å². The van der Waals surface area contributed by atoms with Gasteiger partial charge in [0.2, 0.25) is 5.92 Å². The van der Waals surface area contributed by atoms with E-state index in [1.807, 2.05) is 32.2 Å². The third kappa shape index (κ3) is 3.71. The van der Waals surface area contributed by atoms with Gasteiger partial charge in [-0.2, -0.15) is 0 Å². The number of rotatable bonds is 4. The Kier molecular flexibility index (Phi) is 4.81. The number of aromatic amines is 1. The molecule has 2 N–H and O–H groups in total. The lowest BCUT2D eigenvalue weighted by atomic mass is 9.79. The van der Waals surface area contributed by atoms with Gasteiger partial charge in [-0.05, 0) is 55.2 Å². The van der Waals surface area contributed by atoms with E-state index in [9.17, 15) is 13.6 Å². The molecule has 0 amide bonds. The van der Waals surface area contributed by atoms with E-state index < -0.39 is 23.9 Å². The fourth-order valence-electron chi connectivity index (χ4n) is 4.32. The van der Waals surface area contributed by atoms with Crippen LogP contribution in [0.25, 0.3) is 10.9 Å². The summed E-state index contributed by atoms with van der Waals surface area (Å²) in [6, 6.07) is 10.1. The summed E-state index contributed by atoms with van der Waals surface area (Å²) in [6.45, 7) is 3.98. The molecule has 1 aliphatic rings. The highest BCUT2D eigenvalue weighted by atomic mass is 19.3. The van der Waals surface area contributed by atoms with E-state index in [1.165, 1.54) is 12.1 Å². The van der Waals surface area contributed by atoms with Crippen LogP contribution in [0.3, 0.4) is 0 Å². The lowest BCUT2D eigenvalue weighted by Crippen LogP contribution is -2.37. The summed E-state index contributed by atoms with van der Waals surface area (Å²) in [5.74, 6) is -3.60. The Morgan fingerprint density at radius 2 is 1.90 bits per heavy atom. The molecule has 0 saturated heterocycles. The maximum atomic E-state index is 14.2. The Hall–Kier alpha value is -2.89.